The molecule has 2 unspecified atom stereocenters. The maximum atomic E-state index is 12.8. The van der Waals surface area contributed by atoms with E-state index in [0.717, 1.165) is 5.56 Å². The van der Waals surface area contributed by atoms with Crippen molar-refractivity contribution in [2.45, 2.75) is 75.8 Å². The molecule has 0 aliphatic rings. The predicted octanol–water partition coefficient (Wildman–Crippen LogP) is 2.08. The molecule has 0 fully saturated rings. The van der Waals surface area contributed by atoms with Gasteiger partial charge >= 0.3 is 12.3 Å². The van der Waals surface area contributed by atoms with E-state index in [-0.39, 0.29) is 25.9 Å². The highest BCUT2D eigenvalue weighted by molar-refractivity contribution is 5.81. The maximum Gasteiger partial charge on any atom is 0.423 e. The highest BCUT2D eigenvalue weighted by Gasteiger charge is 2.44. The highest BCUT2D eigenvalue weighted by Crippen LogP contribution is 2.20. The number of halogens is 3. The first-order chi connectivity index (χ1) is 18.7. The molecule has 0 saturated carbocycles. The van der Waals surface area contributed by atoms with Crippen molar-refractivity contribution in [3.63, 3.8) is 0 Å². The second-order valence-corrected chi connectivity index (χ2v) is 10.5. The van der Waals surface area contributed by atoms with Gasteiger partial charge in [-0.2, -0.15) is 13.2 Å². The Hall–Kier alpha value is -3.19. The zero-order chi connectivity index (χ0) is 29.9. The molecule has 222 valence electrons. The summed E-state index contributed by atoms with van der Waals surface area (Å²) in [6.07, 6.45) is -11.4. The number of rotatable bonds is 13. The maximum absolute atomic E-state index is 12.8. The van der Waals surface area contributed by atoms with E-state index in [2.05, 4.69) is 16.0 Å². The fourth-order valence-corrected chi connectivity index (χ4v) is 3.84. The molecule has 2 rings (SSSR count). The Kier molecular flexibility index (Phi) is 12.4. The van der Waals surface area contributed by atoms with Crippen LogP contribution in [0.5, 0.6) is 0 Å². The topological polar surface area (TPSA) is 140 Å². The Morgan fingerprint density at radius 1 is 0.775 bits per heavy atom. The van der Waals surface area contributed by atoms with Crippen LogP contribution in [0.3, 0.4) is 0 Å². The van der Waals surface area contributed by atoms with Crippen molar-refractivity contribution in [3.05, 3.63) is 71.8 Å². The number of ether oxygens (including phenoxy) is 1. The Balaban J connectivity index is 2.06. The second-order valence-electron chi connectivity index (χ2n) is 10.5. The average molecular weight is 570 g/mol. The van der Waals surface area contributed by atoms with Crippen LogP contribution >= 0.6 is 0 Å². The highest BCUT2D eigenvalue weighted by atomic mass is 19.4. The van der Waals surface area contributed by atoms with Crippen molar-refractivity contribution in [1.82, 2.24) is 16.0 Å². The summed E-state index contributed by atoms with van der Waals surface area (Å²) in [5.74, 6) is -1.68. The number of aliphatic hydroxyl groups is 3. The number of carbonyl (C=O) groups excluding carboxylic acids is 2. The number of alkyl halides is 3. The molecular weight excluding hydrogens is 531 g/mol. The van der Waals surface area contributed by atoms with Crippen molar-refractivity contribution >= 4 is 12.0 Å². The van der Waals surface area contributed by atoms with Crippen LogP contribution in [-0.2, 0) is 22.4 Å². The van der Waals surface area contributed by atoms with Gasteiger partial charge in [0.15, 0.2) is 0 Å². The number of carbonyl (C=O) groups is 2. The van der Waals surface area contributed by atoms with E-state index >= 15 is 0 Å². The SMILES string of the molecule is CC(C)(C)OC(=O)N[C@@H](Cc1ccccc1)[C@@H](O)CNCC(O)[C@@H](Cc1ccccc1)NC(=O)C(O)C(F)(F)F. The van der Waals surface area contributed by atoms with E-state index < -0.39 is 54.2 Å². The summed E-state index contributed by atoms with van der Waals surface area (Å²) in [6.45, 7) is 4.78. The summed E-state index contributed by atoms with van der Waals surface area (Å²) in [4.78, 5) is 24.4. The third kappa shape index (κ3) is 11.9. The van der Waals surface area contributed by atoms with Gasteiger partial charge in [-0.15, -0.1) is 0 Å². The van der Waals surface area contributed by atoms with Gasteiger partial charge in [0.05, 0.1) is 24.3 Å². The van der Waals surface area contributed by atoms with Crippen molar-refractivity contribution in [3.8, 4) is 0 Å². The van der Waals surface area contributed by atoms with E-state index in [1.807, 2.05) is 30.3 Å². The van der Waals surface area contributed by atoms with Gasteiger partial charge in [-0.25, -0.2) is 4.79 Å². The minimum atomic E-state index is -5.16. The van der Waals surface area contributed by atoms with Gasteiger partial charge in [-0.05, 0) is 44.7 Å². The Labute approximate surface area is 231 Å². The van der Waals surface area contributed by atoms with Crippen molar-refractivity contribution in [2.24, 2.45) is 0 Å². The Morgan fingerprint density at radius 2 is 1.20 bits per heavy atom. The lowest BCUT2D eigenvalue weighted by molar-refractivity contribution is -0.205. The summed E-state index contributed by atoms with van der Waals surface area (Å²) in [6, 6.07) is 15.7. The summed E-state index contributed by atoms with van der Waals surface area (Å²) < 4.78 is 43.8. The molecule has 0 spiro atoms. The van der Waals surface area contributed by atoms with E-state index in [1.54, 1.807) is 51.1 Å². The molecule has 0 heterocycles. The summed E-state index contributed by atoms with van der Waals surface area (Å²) in [5, 5.41) is 38.5. The van der Waals surface area contributed by atoms with Crippen molar-refractivity contribution in [2.75, 3.05) is 13.1 Å². The largest absolute Gasteiger partial charge is 0.444 e. The van der Waals surface area contributed by atoms with E-state index in [1.165, 1.54) is 0 Å². The van der Waals surface area contributed by atoms with Gasteiger partial charge in [0, 0.05) is 13.1 Å². The molecule has 12 heteroatoms. The predicted molar refractivity (Wildman–Crippen MR) is 142 cm³/mol. The van der Waals surface area contributed by atoms with Gasteiger partial charge in [0.2, 0.25) is 6.10 Å². The number of hydrogen-bond acceptors (Lipinski definition) is 7. The lowest BCUT2D eigenvalue weighted by Crippen LogP contribution is -2.55. The number of nitrogens with one attached hydrogen (secondary N) is 3. The molecule has 5 atom stereocenters. The van der Waals surface area contributed by atoms with Crippen molar-refractivity contribution < 1.29 is 42.8 Å². The lowest BCUT2D eigenvalue weighted by atomic mass is 9.99. The van der Waals surface area contributed by atoms with E-state index in [4.69, 9.17) is 4.74 Å². The fourth-order valence-electron chi connectivity index (χ4n) is 3.84. The Bertz CT molecular complexity index is 1050. The summed E-state index contributed by atoms with van der Waals surface area (Å²) in [5.41, 5.74) is 0.724. The minimum absolute atomic E-state index is 0.0145. The molecule has 6 N–H and O–H groups in total. The van der Waals surface area contributed by atoms with Crippen LogP contribution < -0.4 is 16.0 Å². The molecule has 2 aromatic carbocycles. The van der Waals surface area contributed by atoms with Gasteiger partial charge < -0.3 is 36.0 Å². The Morgan fingerprint density at radius 3 is 1.60 bits per heavy atom. The molecule has 2 amide bonds. The zero-order valence-corrected chi connectivity index (χ0v) is 22.7. The third-order valence-electron chi connectivity index (χ3n) is 5.82. The number of hydrogen-bond donors (Lipinski definition) is 6. The molecule has 0 radical (unpaired) electrons. The molecule has 0 aliphatic heterocycles. The number of amides is 2. The van der Waals surface area contributed by atoms with E-state index in [0.29, 0.717) is 5.56 Å². The molecule has 0 aromatic heterocycles. The average Bonchev–Trinajstić information content (AvgIpc) is 2.86. The smallest absolute Gasteiger partial charge is 0.423 e. The fraction of sp³-hybridized carbons (Fsp3) is 0.500. The lowest BCUT2D eigenvalue weighted by Gasteiger charge is -2.29. The molecule has 9 nitrogen and oxygen atoms in total. The van der Waals surface area contributed by atoms with Gasteiger partial charge in [-0.3, -0.25) is 4.79 Å². The van der Waals surface area contributed by atoms with Gasteiger partial charge in [-0.1, -0.05) is 60.7 Å². The van der Waals surface area contributed by atoms with Crippen molar-refractivity contribution in [1.29, 1.82) is 0 Å². The normalized spacial score (nSPS) is 15.8. The molecule has 2 aromatic rings. The van der Waals surface area contributed by atoms with Crippen LogP contribution in [0.1, 0.15) is 31.9 Å². The van der Waals surface area contributed by atoms with E-state index in [9.17, 15) is 38.1 Å². The molecular formula is C28H38F3N3O6. The summed E-state index contributed by atoms with van der Waals surface area (Å²) >= 11 is 0. The van der Waals surface area contributed by atoms with Gasteiger partial charge in [0.1, 0.15) is 5.60 Å². The zero-order valence-electron chi connectivity index (χ0n) is 22.7. The van der Waals surface area contributed by atoms with Crippen LogP contribution in [0.15, 0.2) is 60.7 Å². The van der Waals surface area contributed by atoms with Crippen LogP contribution in [-0.4, -0.2) is 82.6 Å². The number of benzene rings is 2. The summed E-state index contributed by atoms with van der Waals surface area (Å²) in [7, 11) is 0. The first-order valence-corrected chi connectivity index (χ1v) is 12.8. The van der Waals surface area contributed by atoms with Crippen LogP contribution in [0.4, 0.5) is 18.0 Å². The second kappa shape index (κ2) is 15.0. The third-order valence-corrected chi connectivity index (χ3v) is 5.82. The number of alkyl carbamates (subject to hydrolysis) is 1. The molecule has 0 aliphatic carbocycles. The first kappa shape index (κ1) is 33.0. The molecule has 0 bridgehead atoms. The molecule has 0 saturated heterocycles. The molecule has 40 heavy (non-hydrogen) atoms. The van der Waals surface area contributed by atoms with Crippen LogP contribution in [0, 0.1) is 0 Å². The van der Waals surface area contributed by atoms with Crippen LogP contribution in [0.2, 0.25) is 0 Å². The van der Waals surface area contributed by atoms with Crippen LogP contribution in [0.25, 0.3) is 0 Å². The number of aliphatic hydroxyl groups excluding tert-OH is 3. The quantitative estimate of drug-likeness (QED) is 0.217. The monoisotopic (exact) mass is 569 g/mol. The van der Waals surface area contributed by atoms with Gasteiger partial charge in [0.25, 0.3) is 5.91 Å². The first-order valence-electron chi connectivity index (χ1n) is 12.8. The standard InChI is InChI=1S/C28H38F3N3O6/c1-27(2,3)40-26(39)34-21(15-19-12-8-5-9-13-19)23(36)17-32-16-22(35)20(14-18-10-6-4-7-11-18)33-25(38)24(37)28(29,30)31/h4-13,20-24,32,35-37H,14-17H2,1-3H3,(H,33,38)(H,34,39)/t20-,21+,22?,23+,24?/m1/s1. The minimum Gasteiger partial charge on any atom is -0.444 e.